The minimum atomic E-state index is -0.774. The van der Waals surface area contributed by atoms with Crippen molar-refractivity contribution in [2.75, 3.05) is 6.61 Å². The second-order valence-corrected chi connectivity index (χ2v) is 12.3. The SMILES string of the molecule is CCOC(=O)C1=C(c2ccccc2)N=c2s/c(=C\c3ccccc3OCc3ccc(Br)cc3)c(=O)n2[C@@H]1c1ccc(Cl)cc1. The number of hydrogen-bond acceptors (Lipinski definition) is 6. The van der Waals surface area contributed by atoms with E-state index in [1.807, 2.05) is 97.1 Å². The van der Waals surface area contributed by atoms with Crippen molar-refractivity contribution < 1.29 is 14.3 Å². The van der Waals surface area contributed by atoms with E-state index in [0.29, 0.717) is 38.0 Å². The van der Waals surface area contributed by atoms with Crippen molar-refractivity contribution >= 4 is 56.6 Å². The van der Waals surface area contributed by atoms with E-state index < -0.39 is 12.0 Å². The van der Waals surface area contributed by atoms with Gasteiger partial charge in [-0.15, -0.1) is 0 Å². The van der Waals surface area contributed by atoms with Gasteiger partial charge in [0.25, 0.3) is 5.56 Å². The van der Waals surface area contributed by atoms with Crippen LogP contribution >= 0.6 is 38.9 Å². The molecule has 0 saturated heterocycles. The second kappa shape index (κ2) is 13.2. The van der Waals surface area contributed by atoms with Crippen LogP contribution in [0, 0.1) is 0 Å². The Morgan fingerprint density at radius 1 is 0.977 bits per heavy atom. The van der Waals surface area contributed by atoms with Gasteiger partial charge in [-0.2, -0.15) is 0 Å². The normalized spacial score (nSPS) is 14.6. The Bertz CT molecular complexity index is 2040. The van der Waals surface area contributed by atoms with Gasteiger partial charge in [0.05, 0.1) is 28.5 Å². The Morgan fingerprint density at radius 3 is 2.41 bits per heavy atom. The lowest BCUT2D eigenvalue weighted by atomic mass is 9.93. The van der Waals surface area contributed by atoms with Crippen LogP contribution in [0.4, 0.5) is 0 Å². The third-order valence-corrected chi connectivity index (χ3v) is 8.84. The number of carbonyl (C=O) groups excluding carboxylic acids is 1. The smallest absolute Gasteiger partial charge is 0.338 e. The largest absolute Gasteiger partial charge is 0.488 e. The van der Waals surface area contributed by atoms with E-state index in [0.717, 1.165) is 21.2 Å². The number of thiazole rings is 1. The Balaban J connectivity index is 1.51. The molecule has 6 nitrogen and oxygen atoms in total. The summed E-state index contributed by atoms with van der Waals surface area (Å²) in [4.78, 5) is 33.2. The van der Waals surface area contributed by atoms with Crippen molar-refractivity contribution in [1.82, 2.24) is 4.57 Å². The molecule has 0 amide bonds. The Hall–Kier alpha value is -4.24. The van der Waals surface area contributed by atoms with Crippen molar-refractivity contribution in [2.45, 2.75) is 19.6 Å². The average Bonchev–Trinajstić information content (AvgIpc) is 3.35. The maximum Gasteiger partial charge on any atom is 0.338 e. The lowest BCUT2D eigenvalue weighted by molar-refractivity contribution is -0.138. The van der Waals surface area contributed by atoms with Crippen LogP contribution in [-0.2, 0) is 16.1 Å². The zero-order valence-electron chi connectivity index (χ0n) is 23.6. The van der Waals surface area contributed by atoms with Crippen LogP contribution in [0.1, 0.15) is 35.2 Å². The van der Waals surface area contributed by atoms with E-state index in [4.69, 9.17) is 26.1 Å². The molecule has 1 aromatic heterocycles. The number of benzene rings is 4. The lowest BCUT2D eigenvalue weighted by Crippen LogP contribution is -2.40. The molecule has 1 aliphatic heterocycles. The molecule has 0 unspecified atom stereocenters. The first-order chi connectivity index (χ1) is 21.4. The first kappa shape index (κ1) is 29.8. The zero-order valence-corrected chi connectivity index (χ0v) is 26.7. The minimum absolute atomic E-state index is 0.180. The molecule has 1 atom stereocenters. The molecule has 44 heavy (non-hydrogen) atoms. The minimum Gasteiger partial charge on any atom is -0.488 e. The number of carbonyl (C=O) groups is 1. The van der Waals surface area contributed by atoms with Gasteiger partial charge in [0.15, 0.2) is 4.80 Å². The Kier molecular flexibility index (Phi) is 8.93. The predicted octanol–water partition coefficient (Wildman–Crippen LogP) is 6.93. The van der Waals surface area contributed by atoms with Gasteiger partial charge in [0.1, 0.15) is 12.4 Å². The highest BCUT2D eigenvalue weighted by atomic mass is 79.9. The highest BCUT2D eigenvalue weighted by Gasteiger charge is 2.35. The monoisotopic (exact) mass is 684 g/mol. The van der Waals surface area contributed by atoms with Gasteiger partial charge in [0, 0.05) is 20.6 Å². The second-order valence-electron chi connectivity index (χ2n) is 9.94. The van der Waals surface area contributed by atoms with E-state index in [2.05, 4.69) is 15.9 Å². The van der Waals surface area contributed by atoms with Gasteiger partial charge in [0.2, 0.25) is 0 Å². The fraction of sp³-hybridized carbons (Fsp3) is 0.114. The third-order valence-electron chi connectivity index (χ3n) is 7.07. The summed E-state index contributed by atoms with van der Waals surface area (Å²) in [5.74, 6) is 0.115. The summed E-state index contributed by atoms with van der Waals surface area (Å²) in [6.07, 6.45) is 1.82. The molecule has 0 fully saturated rings. The van der Waals surface area contributed by atoms with Crippen molar-refractivity contribution in [1.29, 1.82) is 0 Å². The van der Waals surface area contributed by atoms with Crippen LogP contribution in [0.2, 0.25) is 5.02 Å². The van der Waals surface area contributed by atoms with Crippen LogP contribution in [0.25, 0.3) is 11.8 Å². The van der Waals surface area contributed by atoms with E-state index in [1.54, 1.807) is 23.6 Å². The summed E-state index contributed by atoms with van der Waals surface area (Å²) in [5, 5.41) is 0.547. The van der Waals surface area contributed by atoms with Crippen LogP contribution in [-0.4, -0.2) is 17.1 Å². The number of nitrogens with zero attached hydrogens (tertiary/aromatic N) is 2. The summed E-state index contributed by atoms with van der Waals surface area (Å²) < 4.78 is 14.7. The summed E-state index contributed by atoms with van der Waals surface area (Å²) >= 11 is 11.0. The number of esters is 1. The van der Waals surface area contributed by atoms with Gasteiger partial charge in [-0.25, -0.2) is 9.79 Å². The van der Waals surface area contributed by atoms with Crippen LogP contribution in [0.5, 0.6) is 5.75 Å². The zero-order chi connectivity index (χ0) is 30.6. The Labute approximate surface area is 271 Å². The molecule has 2 heterocycles. The van der Waals surface area contributed by atoms with Crippen molar-refractivity contribution in [3.63, 3.8) is 0 Å². The summed E-state index contributed by atoms with van der Waals surface area (Å²) in [6, 6.07) is 31.3. The van der Waals surface area contributed by atoms with Crippen molar-refractivity contribution in [3.05, 3.63) is 160 Å². The summed E-state index contributed by atoms with van der Waals surface area (Å²) in [5.41, 5.74) is 3.72. The number of ether oxygens (including phenoxy) is 2. The van der Waals surface area contributed by atoms with Crippen LogP contribution < -0.4 is 19.6 Å². The summed E-state index contributed by atoms with van der Waals surface area (Å²) in [6.45, 7) is 2.31. The van der Waals surface area contributed by atoms with E-state index in [1.165, 1.54) is 11.3 Å². The first-order valence-electron chi connectivity index (χ1n) is 13.9. The highest BCUT2D eigenvalue weighted by molar-refractivity contribution is 9.10. The molecule has 4 aromatic carbocycles. The Morgan fingerprint density at radius 2 is 1.68 bits per heavy atom. The van der Waals surface area contributed by atoms with Gasteiger partial charge in [-0.3, -0.25) is 9.36 Å². The molecule has 220 valence electrons. The lowest BCUT2D eigenvalue weighted by Gasteiger charge is -2.25. The molecule has 0 N–H and O–H groups in total. The number of aromatic nitrogens is 1. The van der Waals surface area contributed by atoms with Crippen LogP contribution in [0.3, 0.4) is 0 Å². The number of rotatable bonds is 8. The van der Waals surface area contributed by atoms with E-state index in [9.17, 15) is 9.59 Å². The molecule has 0 spiro atoms. The average molecular weight is 686 g/mol. The van der Waals surface area contributed by atoms with E-state index in [-0.39, 0.29) is 17.7 Å². The molecule has 0 saturated carbocycles. The van der Waals surface area contributed by atoms with Gasteiger partial charge >= 0.3 is 5.97 Å². The molecular formula is C35H26BrClN2O4S. The standard InChI is InChI=1S/C35H26BrClN2O4S/c1-2-42-34(41)30-31(23-8-4-3-5-9-23)38-35-39(32(30)24-14-18-27(37)19-15-24)33(40)29(44-35)20-25-10-6-7-11-28(25)43-21-22-12-16-26(36)17-13-22/h3-20,32H,2,21H2,1H3/b29-20-/t32-/m1/s1. The fourth-order valence-corrected chi connectivity index (χ4v) is 6.40. The molecule has 0 radical (unpaired) electrons. The number of fused-ring (bicyclic) bond motifs is 1. The van der Waals surface area contributed by atoms with Crippen molar-refractivity contribution in [2.24, 2.45) is 4.99 Å². The van der Waals surface area contributed by atoms with Crippen molar-refractivity contribution in [3.8, 4) is 5.75 Å². The molecule has 5 aromatic rings. The number of hydrogen-bond donors (Lipinski definition) is 0. The quantitative estimate of drug-likeness (QED) is 0.166. The maximum atomic E-state index is 14.2. The molecule has 1 aliphatic rings. The topological polar surface area (TPSA) is 69.9 Å². The van der Waals surface area contributed by atoms with Gasteiger partial charge < -0.3 is 9.47 Å². The summed E-state index contributed by atoms with van der Waals surface area (Å²) in [7, 11) is 0. The molecule has 6 rings (SSSR count). The predicted molar refractivity (Wildman–Crippen MR) is 177 cm³/mol. The first-order valence-corrected chi connectivity index (χ1v) is 15.9. The van der Waals surface area contributed by atoms with Crippen LogP contribution in [0.15, 0.2) is 123 Å². The van der Waals surface area contributed by atoms with Gasteiger partial charge in [-0.05, 0) is 54.5 Å². The molecule has 0 aliphatic carbocycles. The molecular weight excluding hydrogens is 660 g/mol. The number of halogens is 2. The molecule has 9 heteroatoms. The third kappa shape index (κ3) is 6.19. The van der Waals surface area contributed by atoms with Gasteiger partial charge in [-0.1, -0.05) is 112 Å². The number of para-hydroxylation sites is 1. The maximum absolute atomic E-state index is 14.2. The fourth-order valence-electron chi connectivity index (χ4n) is 5.02. The highest BCUT2D eigenvalue weighted by Crippen LogP contribution is 2.35. The molecule has 0 bridgehead atoms. The van der Waals surface area contributed by atoms with E-state index >= 15 is 0 Å².